The predicted octanol–water partition coefficient (Wildman–Crippen LogP) is 1.82. The fourth-order valence-electron chi connectivity index (χ4n) is 1.68. The van der Waals surface area contributed by atoms with Crippen molar-refractivity contribution in [1.82, 2.24) is 4.98 Å². The van der Waals surface area contributed by atoms with Crippen LogP contribution in [0.15, 0.2) is 18.5 Å². The Bertz CT molecular complexity index is 388. The summed E-state index contributed by atoms with van der Waals surface area (Å²) in [5, 5.41) is 0. The number of carbonyl (C=O) groups excluding carboxylic acids is 1. The minimum atomic E-state index is -0.620. The topological polar surface area (TPSA) is 39.2 Å². The normalized spacial score (nSPS) is 17.2. The lowest BCUT2D eigenvalue weighted by Gasteiger charge is -2.13. The monoisotopic (exact) mass is 209 g/mol. The first-order chi connectivity index (χ1) is 7.19. The van der Waals surface area contributed by atoms with E-state index in [0.29, 0.717) is 12.2 Å². The maximum atomic E-state index is 13.0. The molecule has 1 heterocycles. The molecule has 1 aliphatic carbocycles. The van der Waals surface area contributed by atoms with Gasteiger partial charge in [0.1, 0.15) is 5.82 Å². The van der Waals surface area contributed by atoms with Crippen LogP contribution in [-0.2, 0) is 14.9 Å². The fraction of sp³-hybridized carbons (Fsp3) is 0.455. The number of hydrogen-bond donors (Lipinski definition) is 0. The molecule has 1 saturated carbocycles. The van der Waals surface area contributed by atoms with Gasteiger partial charge in [0.2, 0.25) is 0 Å². The number of rotatable bonds is 3. The van der Waals surface area contributed by atoms with E-state index in [1.54, 1.807) is 6.92 Å². The van der Waals surface area contributed by atoms with Gasteiger partial charge in [0.05, 0.1) is 18.2 Å². The van der Waals surface area contributed by atoms with E-state index in [0.717, 1.165) is 19.0 Å². The molecule has 0 bridgehead atoms. The molecule has 0 N–H and O–H groups in total. The van der Waals surface area contributed by atoms with E-state index in [1.165, 1.54) is 12.3 Å². The summed E-state index contributed by atoms with van der Waals surface area (Å²) >= 11 is 0. The van der Waals surface area contributed by atoms with Gasteiger partial charge in [-0.2, -0.15) is 0 Å². The van der Waals surface area contributed by atoms with E-state index in [-0.39, 0.29) is 5.97 Å². The maximum absolute atomic E-state index is 13.0. The largest absolute Gasteiger partial charge is 0.465 e. The molecule has 1 aliphatic rings. The van der Waals surface area contributed by atoms with Gasteiger partial charge in [-0.3, -0.25) is 9.78 Å². The van der Waals surface area contributed by atoms with E-state index in [2.05, 4.69) is 4.98 Å². The number of esters is 1. The average Bonchev–Trinajstić information content (AvgIpc) is 2.99. The highest BCUT2D eigenvalue weighted by molar-refractivity contribution is 5.86. The van der Waals surface area contributed by atoms with Crippen molar-refractivity contribution in [2.75, 3.05) is 6.61 Å². The van der Waals surface area contributed by atoms with Crippen LogP contribution in [0.25, 0.3) is 0 Å². The van der Waals surface area contributed by atoms with Gasteiger partial charge < -0.3 is 4.74 Å². The lowest BCUT2D eigenvalue weighted by Crippen LogP contribution is -2.23. The number of carbonyl (C=O) groups is 1. The quantitative estimate of drug-likeness (QED) is 0.713. The number of halogens is 1. The molecule has 1 aromatic heterocycles. The zero-order chi connectivity index (χ0) is 10.9. The summed E-state index contributed by atoms with van der Waals surface area (Å²) in [5.41, 5.74) is 0.00595. The van der Waals surface area contributed by atoms with Gasteiger partial charge in [-0.05, 0) is 31.4 Å². The highest BCUT2D eigenvalue weighted by Crippen LogP contribution is 2.49. The summed E-state index contributed by atoms with van der Waals surface area (Å²) in [5.74, 6) is -0.680. The highest BCUT2D eigenvalue weighted by Gasteiger charge is 2.53. The zero-order valence-electron chi connectivity index (χ0n) is 8.50. The molecule has 15 heavy (non-hydrogen) atoms. The summed E-state index contributed by atoms with van der Waals surface area (Å²) in [6.45, 7) is 2.11. The van der Waals surface area contributed by atoms with Gasteiger partial charge >= 0.3 is 5.97 Å². The summed E-state index contributed by atoms with van der Waals surface area (Å²) in [6, 6.07) is 1.36. The molecule has 0 atom stereocenters. The molecule has 0 amide bonds. The Morgan fingerprint density at radius 3 is 2.87 bits per heavy atom. The van der Waals surface area contributed by atoms with Crippen molar-refractivity contribution in [3.05, 3.63) is 29.8 Å². The number of pyridine rings is 1. The molecular formula is C11H12FNO2. The molecule has 0 spiro atoms. The molecule has 1 aromatic rings. The number of aromatic nitrogens is 1. The molecule has 2 rings (SSSR count). The van der Waals surface area contributed by atoms with Crippen LogP contribution < -0.4 is 0 Å². The van der Waals surface area contributed by atoms with Crippen molar-refractivity contribution in [3.8, 4) is 0 Å². The van der Waals surface area contributed by atoms with Gasteiger partial charge in [-0.15, -0.1) is 0 Å². The van der Waals surface area contributed by atoms with E-state index in [1.807, 2.05) is 0 Å². The Hall–Kier alpha value is -1.45. The van der Waals surface area contributed by atoms with Crippen molar-refractivity contribution < 1.29 is 13.9 Å². The lowest BCUT2D eigenvalue weighted by molar-refractivity contribution is -0.146. The Morgan fingerprint density at radius 1 is 1.60 bits per heavy atom. The summed E-state index contributed by atoms with van der Waals surface area (Å²) in [6.07, 6.45) is 4.10. The Balaban J connectivity index is 2.26. The van der Waals surface area contributed by atoms with Gasteiger partial charge in [-0.25, -0.2) is 4.39 Å². The van der Waals surface area contributed by atoms with Crippen LogP contribution in [0.3, 0.4) is 0 Å². The van der Waals surface area contributed by atoms with Crippen LogP contribution in [0.1, 0.15) is 25.3 Å². The van der Waals surface area contributed by atoms with Crippen molar-refractivity contribution in [2.24, 2.45) is 0 Å². The molecule has 0 aliphatic heterocycles. The third kappa shape index (κ3) is 1.71. The maximum Gasteiger partial charge on any atom is 0.316 e. The number of ether oxygens (including phenoxy) is 1. The first-order valence-corrected chi connectivity index (χ1v) is 4.97. The van der Waals surface area contributed by atoms with E-state index < -0.39 is 11.2 Å². The van der Waals surface area contributed by atoms with Crippen LogP contribution in [0, 0.1) is 5.82 Å². The standard InChI is InChI=1S/C11H12FNO2/c1-2-15-10(14)11(3-4-11)8-5-9(12)7-13-6-8/h5-7H,2-4H2,1H3. The summed E-state index contributed by atoms with van der Waals surface area (Å²) < 4.78 is 17.9. The molecule has 0 radical (unpaired) electrons. The van der Waals surface area contributed by atoms with Crippen LogP contribution in [0.5, 0.6) is 0 Å². The lowest BCUT2D eigenvalue weighted by atomic mass is 9.98. The van der Waals surface area contributed by atoms with Crippen molar-refractivity contribution in [2.45, 2.75) is 25.2 Å². The van der Waals surface area contributed by atoms with E-state index in [9.17, 15) is 9.18 Å². The second kappa shape index (κ2) is 3.61. The Kier molecular flexibility index (Phi) is 2.42. The van der Waals surface area contributed by atoms with Crippen molar-refractivity contribution in [1.29, 1.82) is 0 Å². The SMILES string of the molecule is CCOC(=O)C1(c2cncc(F)c2)CC1. The predicted molar refractivity (Wildman–Crippen MR) is 51.7 cm³/mol. The van der Waals surface area contributed by atoms with Crippen molar-refractivity contribution >= 4 is 5.97 Å². The minimum Gasteiger partial charge on any atom is -0.465 e. The van der Waals surface area contributed by atoms with Crippen LogP contribution in [0.4, 0.5) is 4.39 Å². The third-order valence-corrected chi connectivity index (χ3v) is 2.67. The second-order valence-corrected chi connectivity index (χ2v) is 3.69. The Morgan fingerprint density at radius 2 is 2.33 bits per heavy atom. The molecule has 1 fully saturated rings. The molecule has 0 unspecified atom stereocenters. The third-order valence-electron chi connectivity index (χ3n) is 2.67. The fourth-order valence-corrected chi connectivity index (χ4v) is 1.68. The molecule has 0 saturated heterocycles. The number of hydrogen-bond acceptors (Lipinski definition) is 3. The molecule has 0 aromatic carbocycles. The van der Waals surface area contributed by atoms with Gasteiger partial charge in [0, 0.05) is 6.20 Å². The molecule has 80 valence electrons. The molecular weight excluding hydrogens is 197 g/mol. The zero-order valence-corrected chi connectivity index (χ0v) is 8.50. The summed E-state index contributed by atoms with van der Waals surface area (Å²) in [4.78, 5) is 15.4. The van der Waals surface area contributed by atoms with Gasteiger partial charge in [0.25, 0.3) is 0 Å². The minimum absolute atomic E-state index is 0.266. The van der Waals surface area contributed by atoms with Crippen LogP contribution >= 0.6 is 0 Å². The van der Waals surface area contributed by atoms with Gasteiger partial charge in [0.15, 0.2) is 0 Å². The second-order valence-electron chi connectivity index (χ2n) is 3.69. The van der Waals surface area contributed by atoms with E-state index >= 15 is 0 Å². The van der Waals surface area contributed by atoms with Crippen LogP contribution in [0.2, 0.25) is 0 Å². The molecule has 4 heteroatoms. The average molecular weight is 209 g/mol. The number of nitrogens with zero attached hydrogens (tertiary/aromatic N) is 1. The Labute approximate surface area is 87.3 Å². The van der Waals surface area contributed by atoms with E-state index in [4.69, 9.17) is 4.74 Å². The highest BCUT2D eigenvalue weighted by atomic mass is 19.1. The van der Waals surface area contributed by atoms with Crippen molar-refractivity contribution in [3.63, 3.8) is 0 Å². The summed E-state index contributed by atoms with van der Waals surface area (Å²) in [7, 11) is 0. The van der Waals surface area contributed by atoms with Crippen LogP contribution in [-0.4, -0.2) is 17.6 Å². The molecule has 3 nitrogen and oxygen atoms in total. The smallest absolute Gasteiger partial charge is 0.316 e. The first kappa shape index (κ1) is 10.1. The van der Waals surface area contributed by atoms with Gasteiger partial charge in [-0.1, -0.05) is 0 Å². The first-order valence-electron chi connectivity index (χ1n) is 4.97.